The van der Waals surface area contributed by atoms with Crippen molar-refractivity contribution in [3.63, 3.8) is 0 Å². The molecule has 0 saturated heterocycles. The largest absolute Gasteiger partial charge is 0.449 e. The number of hydrogen-bond acceptors (Lipinski definition) is 4. The van der Waals surface area contributed by atoms with Gasteiger partial charge in [-0.25, -0.2) is 20.0 Å². The first kappa shape index (κ1) is 15.5. The Balaban J connectivity index is 4.49. The van der Waals surface area contributed by atoms with Crippen LogP contribution in [-0.2, 0) is 9.47 Å². The number of carbonyl (C=O) groups is 2. The summed E-state index contributed by atoms with van der Waals surface area (Å²) >= 11 is 0. The number of nitrogens with zero attached hydrogens (tertiary/aromatic N) is 1. The quantitative estimate of drug-likeness (QED) is 0.756. The molecule has 17 heavy (non-hydrogen) atoms. The fourth-order valence-corrected chi connectivity index (χ4v) is 1.34. The number of rotatable bonds is 5. The van der Waals surface area contributed by atoms with Gasteiger partial charge in [0, 0.05) is 0 Å². The Hall–Kier alpha value is -1.46. The lowest BCUT2D eigenvalue weighted by Crippen LogP contribution is -2.51. The molecular weight excluding hydrogens is 224 g/mol. The predicted molar refractivity (Wildman–Crippen MR) is 63.4 cm³/mol. The Labute approximate surface area is 102 Å². The van der Waals surface area contributed by atoms with Crippen molar-refractivity contribution in [1.82, 2.24) is 10.4 Å². The van der Waals surface area contributed by atoms with Crippen molar-refractivity contribution in [1.29, 1.82) is 0 Å². The van der Waals surface area contributed by atoms with Crippen molar-refractivity contribution in [3.8, 4) is 0 Å². The minimum absolute atomic E-state index is 0.136. The third-order valence-electron chi connectivity index (χ3n) is 2.10. The summed E-state index contributed by atoms with van der Waals surface area (Å²) in [5, 5.41) is 1.17. The molecule has 0 heterocycles. The first-order valence-electron chi connectivity index (χ1n) is 5.96. The van der Waals surface area contributed by atoms with E-state index in [2.05, 4.69) is 5.43 Å². The molecule has 0 aliphatic heterocycles. The topological polar surface area (TPSA) is 67.9 Å². The molecular formula is C11H22N2O4. The Morgan fingerprint density at radius 1 is 1.18 bits per heavy atom. The monoisotopic (exact) mass is 246 g/mol. The third kappa shape index (κ3) is 5.99. The van der Waals surface area contributed by atoms with Crippen LogP contribution in [0.4, 0.5) is 9.59 Å². The highest BCUT2D eigenvalue weighted by atomic mass is 16.6. The van der Waals surface area contributed by atoms with Crippen molar-refractivity contribution < 1.29 is 19.1 Å². The van der Waals surface area contributed by atoms with Gasteiger partial charge in [0.25, 0.3) is 0 Å². The number of nitrogens with one attached hydrogen (secondary N) is 1. The summed E-state index contributed by atoms with van der Waals surface area (Å²) in [6.07, 6.45) is 0.456. The molecule has 0 spiro atoms. The molecule has 1 N–H and O–H groups in total. The smallest absolute Gasteiger partial charge is 0.429 e. The zero-order chi connectivity index (χ0) is 13.3. The second-order valence-corrected chi connectivity index (χ2v) is 3.54. The highest BCUT2D eigenvalue weighted by Gasteiger charge is 2.23. The van der Waals surface area contributed by atoms with Crippen LogP contribution in [0.15, 0.2) is 0 Å². The summed E-state index contributed by atoms with van der Waals surface area (Å²) in [5.41, 5.74) is 2.38. The second-order valence-electron chi connectivity index (χ2n) is 3.54. The number of carbonyl (C=O) groups excluding carboxylic acids is 2. The van der Waals surface area contributed by atoms with E-state index in [9.17, 15) is 9.59 Å². The van der Waals surface area contributed by atoms with Gasteiger partial charge in [-0.05, 0) is 27.2 Å². The number of ether oxygens (including phenoxy) is 2. The Morgan fingerprint density at radius 2 is 1.76 bits per heavy atom. The van der Waals surface area contributed by atoms with Crippen molar-refractivity contribution in [2.75, 3.05) is 13.2 Å². The van der Waals surface area contributed by atoms with E-state index in [-0.39, 0.29) is 19.3 Å². The van der Waals surface area contributed by atoms with E-state index in [0.717, 1.165) is 12.8 Å². The molecule has 0 aliphatic carbocycles. The van der Waals surface area contributed by atoms with Gasteiger partial charge in [-0.3, -0.25) is 0 Å². The molecule has 2 amide bonds. The maximum Gasteiger partial charge on any atom is 0.429 e. The van der Waals surface area contributed by atoms with E-state index in [1.165, 1.54) is 5.01 Å². The van der Waals surface area contributed by atoms with Crippen LogP contribution in [0.3, 0.4) is 0 Å². The average Bonchev–Trinajstić information content (AvgIpc) is 2.26. The Kier molecular flexibility index (Phi) is 7.92. The number of hydrazine groups is 1. The van der Waals surface area contributed by atoms with Gasteiger partial charge in [-0.1, -0.05) is 13.3 Å². The lowest BCUT2D eigenvalue weighted by Gasteiger charge is -2.27. The first-order valence-corrected chi connectivity index (χ1v) is 5.96. The molecule has 0 rings (SSSR count). The van der Waals surface area contributed by atoms with E-state index in [0.29, 0.717) is 0 Å². The predicted octanol–water partition coefficient (Wildman–Crippen LogP) is 2.29. The Bertz CT molecular complexity index is 246. The van der Waals surface area contributed by atoms with Crippen LogP contribution in [0.5, 0.6) is 0 Å². The molecule has 100 valence electrons. The molecule has 6 heteroatoms. The van der Waals surface area contributed by atoms with E-state index in [4.69, 9.17) is 9.47 Å². The molecule has 0 radical (unpaired) electrons. The van der Waals surface area contributed by atoms with Crippen molar-refractivity contribution in [2.45, 2.75) is 46.6 Å². The second kappa shape index (κ2) is 8.66. The summed E-state index contributed by atoms with van der Waals surface area (Å²) < 4.78 is 9.60. The highest BCUT2D eigenvalue weighted by molar-refractivity contribution is 5.74. The van der Waals surface area contributed by atoms with Crippen LogP contribution in [-0.4, -0.2) is 36.5 Å². The molecule has 1 unspecified atom stereocenters. The van der Waals surface area contributed by atoms with Crippen molar-refractivity contribution in [3.05, 3.63) is 0 Å². The molecule has 0 aromatic heterocycles. The summed E-state index contributed by atoms with van der Waals surface area (Å²) in [6.45, 7) is 7.77. The van der Waals surface area contributed by atoms with Gasteiger partial charge in [0.2, 0.25) is 0 Å². The fourth-order valence-electron chi connectivity index (χ4n) is 1.34. The average molecular weight is 246 g/mol. The van der Waals surface area contributed by atoms with Crippen LogP contribution in [0.1, 0.15) is 40.5 Å². The van der Waals surface area contributed by atoms with E-state index in [1.807, 2.05) is 13.8 Å². The SMILES string of the molecule is CCCC(C)N(NC(=O)OCC)C(=O)OCC. The molecule has 6 nitrogen and oxygen atoms in total. The molecule has 0 aromatic carbocycles. The van der Waals surface area contributed by atoms with Gasteiger partial charge >= 0.3 is 12.2 Å². The van der Waals surface area contributed by atoms with Crippen LogP contribution in [0, 0.1) is 0 Å². The fraction of sp³-hybridized carbons (Fsp3) is 0.818. The molecule has 0 bridgehead atoms. The maximum absolute atomic E-state index is 11.6. The standard InChI is InChI=1S/C11H22N2O4/c1-5-8-9(4)13(11(15)17-7-3)12-10(14)16-6-2/h9H,5-8H2,1-4H3,(H,12,14). The van der Waals surface area contributed by atoms with Crippen LogP contribution < -0.4 is 5.43 Å². The van der Waals surface area contributed by atoms with Crippen LogP contribution in [0.2, 0.25) is 0 Å². The minimum atomic E-state index is -0.650. The van der Waals surface area contributed by atoms with Gasteiger partial charge in [-0.15, -0.1) is 0 Å². The summed E-state index contributed by atoms with van der Waals surface area (Å²) in [5.74, 6) is 0. The highest BCUT2D eigenvalue weighted by Crippen LogP contribution is 2.06. The van der Waals surface area contributed by atoms with Gasteiger partial charge in [0.05, 0.1) is 19.3 Å². The van der Waals surface area contributed by atoms with Crippen molar-refractivity contribution >= 4 is 12.2 Å². The lowest BCUT2D eigenvalue weighted by atomic mass is 10.2. The lowest BCUT2D eigenvalue weighted by molar-refractivity contribution is 0.0566. The summed E-state index contributed by atoms with van der Waals surface area (Å²) in [6, 6.07) is -0.136. The third-order valence-corrected chi connectivity index (χ3v) is 2.10. The van der Waals surface area contributed by atoms with Gasteiger partial charge in [0.1, 0.15) is 0 Å². The molecule has 1 atom stereocenters. The number of hydrogen-bond donors (Lipinski definition) is 1. The Morgan fingerprint density at radius 3 is 2.24 bits per heavy atom. The minimum Gasteiger partial charge on any atom is -0.449 e. The molecule has 0 saturated carbocycles. The zero-order valence-corrected chi connectivity index (χ0v) is 11.0. The van der Waals surface area contributed by atoms with Crippen molar-refractivity contribution in [2.24, 2.45) is 0 Å². The normalized spacial score (nSPS) is 11.5. The molecule has 0 aromatic rings. The van der Waals surface area contributed by atoms with Gasteiger partial charge in [-0.2, -0.15) is 0 Å². The van der Waals surface area contributed by atoms with E-state index >= 15 is 0 Å². The maximum atomic E-state index is 11.6. The summed E-state index contributed by atoms with van der Waals surface area (Å²) in [7, 11) is 0. The van der Waals surface area contributed by atoms with Crippen LogP contribution in [0.25, 0.3) is 0 Å². The molecule has 0 fully saturated rings. The number of amides is 2. The first-order chi connectivity index (χ1) is 8.06. The van der Waals surface area contributed by atoms with Crippen LogP contribution >= 0.6 is 0 Å². The molecule has 0 aliphatic rings. The summed E-state index contributed by atoms with van der Waals surface area (Å²) in [4.78, 5) is 22.9. The van der Waals surface area contributed by atoms with Gasteiger partial charge < -0.3 is 9.47 Å². The zero-order valence-electron chi connectivity index (χ0n) is 11.0. The van der Waals surface area contributed by atoms with E-state index < -0.39 is 12.2 Å². The van der Waals surface area contributed by atoms with Gasteiger partial charge in [0.15, 0.2) is 0 Å². The van der Waals surface area contributed by atoms with E-state index in [1.54, 1.807) is 13.8 Å².